The summed E-state index contributed by atoms with van der Waals surface area (Å²) in [6.07, 6.45) is 0. The Morgan fingerprint density at radius 2 is 1.84 bits per heavy atom. The average Bonchev–Trinajstić information content (AvgIpc) is 2.16. The highest BCUT2D eigenvalue weighted by atomic mass is 32.2. The van der Waals surface area contributed by atoms with Crippen LogP contribution in [0.1, 0.15) is 20.8 Å². The summed E-state index contributed by atoms with van der Waals surface area (Å²) in [6, 6.07) is 2.40. The van der Waals surface area contributed by atoms with E-state index in [-0.39, 0.29) is 0 Å². The van der Waals surface area contributed by atoms with Crippen LogP contribution in [0.25, 0.3) is 0 Å². The molecule has 0 saturated heterocycles. The van der Waals surface area contributed by atoms with E-state index in [1.165, 1.54) is 0 Å². The maximum atomic E-state index is 13.5. The summed E-state index contributed by atoms with van der Waals surface area (Å²) in [7, 11) is -4.16. The molecule has 0 amide bonds. The zero-order valence-corrected chi connectivity index (χ0v) is 11.4. The van der Waals surface area contributed by atoms with Crippen LogP contribution < -0.4 is 9.46 Å². The molecule has 0 aliphatic heterocycles. The third-order valence-electron chi connectivity index (χ3n) is 1.86. The Morgan fingerprint density at radius 1 is 1.26 bits per heavy atom. The summed E-state index contributed by atoms with van der Waals surface area (Å²) in [5.74, 6) is -1.47. The van der Waals surface area contributed by atoms with Crippen LogP contribution in [0, 0.1) is 5.82 Å². The first kappa shape index (κ1) is 15.8. The second-order valence-electron chi connectivity index (χ2n) is 4.83. The van der Waals surface area contributed by atoms with Gasteiger partial charge in [0.2, 0.25) is 10.0 Å². The number of benzene rings is 1. The van der Waals surface area contributed by atoms with Crippen molar-refractivity contribution in [3.63, 3.8) is 0 Å². The van der Waals surface area contributed by atoms with E-state index in [2.05, 4.69) is 9.46 Å². The highest BCUT2D eigenvalue weighted by Gasteiger charge is 2.25. The van der Waals surface area contributed by atoms with Gasteiger partial charge in [-0.15, -0.1) is 0 Å². The minimum atomic E-state index is -4.16. The Labute approximate surface area is 109 Å². The molecule has 0 bridgehead atoms. The predicted octanol–water partition coefficient (Wildman–Crippen LogP) is 2.50. The predicted molar refractivity (Wildman–Crippen MR) is 63.1 cm³/mol. The number of sulfonamides is 1. The Hall–Kier alpha value is -1.28. The van der Waals surface area contributed by atoms with Gasteiger partial charge < -0.3 is 4.74 Å². The molecule has 0 heterocycles. The fourth-order valence-electron chi connectivity index (χ4n) is 1.32. The van der Waals surface area contributed by atoms with E-state index in [0.717, 1.165) is 18.2 Å². The first-order valence-corrected chi connectivity index (χ1v) is 6.78. The maximum Gasteiger partial charge on any atom is 0.387 e. The first-order chi connectivity index (χ1) is 8.51. The minimum absolute atomic E-state index is 0.425. The zero-order chi connectivity index (χ0) is 14.8. The lowest BCUT2D eigenvalue weighted by Crippen LogP contribution is -2.40. The lowest BCUT2D eigenvalue weighted by atomic mass is 10.1. The number of rotatable bonds is 4. The Bertz CT molecular complexity index is 553. The lowest BCUT2D eigenvalue weighted by Gasteiger charge is -2.20. The van der Waals surface area contributed by atoms with Crippen LogP contribution in [0.15, 0.2) is 23.1 Å². The molecule has 1 N–H and O–H groups in total. The van der Waals surface area contributed by atoms with E-state index in [1.54, 1.807) is 20.8 Å². The van der Waals surface area contributed by atoms with Gasteiger partial charge in [-0.25, -0.2) is 17.5 Å². The average molecular weight is 297 g/mol. The number of alkyl halides is 2. The van der Waals surface area contributed by atoms with E-state index < -0.39 is 38.6 Å². The third-order valence-corrected chi connectivity index (χ3v) is 3.63. The minimum Gasteiger partial charge on any atom is -0.435 e. The molecule has 1 rings (SSSR count). The fraction of sp³-hybridized carbons (Fsp3) is 0.455. The van der Waals surface area contributed by atoms with Crippen LogP contribution >= 0.6 is 0 Å². The Kier molecular flexibility index (Phi) is 4.46. The zero-order valence-electron chi connectivity index (χ0n) is 10.6. The molecule has 19 heavy (non-hydrogen) atoms. The molecule has 4 nitrogen and oxygen atoms in total. The lowest BCUT2D eigenvalue weighted by molar-refractivity contribution is -0.0500. The SMILES string of the molecule is CC(C)(C)NS(=O)(=O)c1cc(OC(F)F)ccc1F. The third kappa shape index (κ3) is 4.71. The standard InChI is InChI=1S/C11H14F3NO3S/c1-11(2,3)15-19(16,17)9-6-7(18-10(13)14)4-5-8(9)12/h4-6,10,15H,1-3H3. The van der Waals surface area contributed by atoms with Gasteiger partial charge in [-0.1, -0.05) is 0 Å². The molecule has 0 fully saturated rings. The van der Waals surface area contributed by atoms with Gasteiger partial charge in [0.15, 0.2) is 0 Å². The molecule has 0 radical (unpaired) electrons. The molecule has 108 valence electrons. The van der Waals surface area contributed by atoms with Crippen molar-refractivity contribution in [2.75, 3.05) is 0 Å². The molecule has 0 aromatic heterocycles. The van der Waals surface area contributed by atoms with Crippen molar-refractivity contribution < 1.29 is 26.3 Å². The molecule has 1 aromatic carbocycles. The molecule has 0 aliphatic rings. The summed E-state index contributed by atoms with van der Waals surface area (Å²) in [6.45, 7) is 1.60. The van der Waals surface area contributed by atoms with Gasteiger partial charge in [0.05, 0.1) is 0 Å². The van der Waals surface area contributed by atoms with Crippen LogP contribution in [0.3, 0.4) is 0 Å². The van der Waals surface area contributed by atoms with Crippen molar-refractivity contribution in [1.29, 1.82) is 0 Å². The van der Waals surface area contributed by atoms with Crippen LogP contribution in [0.2, 0.25) is 0 Å². The summed E-state index contributed by atoms with van der Waals surface area (Å²) < 4.78 is 67.7. The Balaban J connectivity index is 3.18. The summed E-state index contributed by atoms with van der Waals surface area (Å²) >= 11 is 0. The van der Waals surface area contributed by atoms with Crippen LogP contribution in [0.4, 0.5) is 13.2 Å². The topological polar surface area (TPSA) is 55.4 Å². The van der Waals surface area contributed by atoms with Crippen molar-refractivity contribution in [3.8, 4) is 5.75 Å². The molecule has 0 aliphatic carbocycles. The van der Waals surface area contributed by atoms with E-state index in [4.69, 9.17) is 0 Å². The van der Waals surface area contributed by atoms with Gasteiger partial charge in [0.25, 0.3) is 0 Å². The van der Waals surface area contributed by atoms with Crippen LogP contribution in [0.5, 0.6) is 5.75 Å². The first-order valence-electron chi connectivity index (χ1n) is 5.29. The molecule has 1 aromatic rings. The second-order valence-corrected chi connectivity index (χ2v) is 6.48. The monoisotopic (exact) mass is 297 g/mol. The molecule has 8 heteroatoms. The highest BCUT2D eigenvalue weighted by Crippen LogP contribution is 2.23. The summed E-state index contributed by atoms with van der Waals surface area (Å²) in [4.78, 5) is -0.736. The van der Waals surface area contributed by atoms with E-state index in [1.807, 2.05) is 0 Å². The van der Waals surface area contributed by atoms with Gasteiger partial charge in [-0.3, -0.25) is 0 Å². The van der Waals surface area contributed by atoms with E-state index >= 15 is 0 Å². The summed E-state index contributed by atoms with van der Waals surface area (Å²) in [5.41, 5.74) is -0.829. The quantitative estimate of drug-likeness (QED) is 0.929. The normalized spacial score (nSPS) is 12.8. The number of hydrogen-bond acceptors (Lipinski definition) is 3. The van der Waals surface area contributed by atoms with Crippen molar-refractivity contribution in [2.24, 2.45) is 0 Å². The van der Waals surface area contributed by atoms with Gasteiger partial charge in [0, 0.05) is 11.6 Å². The maximum absolute atomic E-state index is 13.5. The Morgan fingerprint density at radius 3 is 2.32 bits per heavy atom. The van der Waals surface area contributed by atoms with Gasteiger partial charge in [0.1, 0.15) is 16.5 Å². The molecule has 0 saturated carbocycles. The number of hydrogen-bond donors (Lipinski definition) is 1. The van der Waals surface area contributed by atoms with Gasteiger partial charge in [-0.05, 0) is 32.9 Å². The van der Waals surface area contributed by atoms with Gasteiger partial charge in [-0.2, -0.15) is 8.78 Å². The molecule has 0 atom stereocenters. The number of ether oxygens (including phenoxy) is 1. The van der Waals surface area contributed by atoms with Crippen molar-refractivity contribution in [2.45, 2.75) is 37.8 Å². The summed E-state index contributed by atoms with van der Waals surface area (Å²) in [5, 5.41) is 0. The van der Waals surface area contributed by atoms with Crippen molar-refractivity contribution >= 4 is 10.0 Å². The smallest absolute Gasteiger partial charge is 0.387 e. The van der Waals surface area contributed by atoms with Crippen LogP contribution in [-0.4, -0.2) is 20.6 Å². The highest BCUT2D eigenvalue weighted by molar-refractivity contribution is 7.89. The molecule has 0 spiro atoms. The van der Waals surface area contributed by atoms with E-state index in [9.17, 15) is 21.6 Å². The molecular formula is C11H14F3NO3S. The fourth-order valence-corrected chi connectivity index (χ4v) is 2.84. The second kappa shape index (κ2) is 5.38. The molecular weight excluding hydrogens is 283 g/mol. The number of halogens is 3. The van der Waals surface area contributed by atoms with Crippen molar-refractivity contribution in [3.05, 3.63) is 24.0 Å². The van der Waals surface area contributed by atoms with Crippen molar-refractivity contribution in [1.82, 2.24) is 4.72 Å². The molecule has 0 unspecified atom stereocenters. The van der Waals surface area contributed by atoms with Crippen LogP contribution in [-0.2, 0) is 10.0 Å². The largest absolute Gasteiger partial charge is 0.435 e. The number of nitrogens with one attached hydrogen (secondary N) is 1. The van der Waals surface area contributed by atoms with E-state index in [0.29, 0.717) is 0 Å². The van der Waals surface area contributed by atoms with Gasteiger partial charge >= 0.3 is 6.61 Å².